The maximum atomic E-state index is 6.09. The normalized spacial score (nSPS) is 17.8. The molecule has 0 spiro atoms. The fourth-order valence-corrected chi connectivity index (χ4v) is 2.90. The number of hydrogen-bond acceptors (Lipinski definition) is 2. The van der Waals surface area contributed by atoms with E-state index in [1.54, 1.807) is 0 Å². The van der Waals surface area contributed by atoms with Crippen molar-refractivity contribution < 1.29 is 0 Å². The van der Waals surface area contributed by atoms with E-state index in [4.69, 9.17) is 5.73 Å². The number of rotatable bonds is 4. The predicted molar refractivity (Wildman–Crippen MR) is 67.3 cm³/mol. The average Bonchev–Trinajstić information content (AvgIpc) is 2.99. The van der Waals surface area contributed by atoms with Gasteiger partial charge < -0.3 is 5.73 Å². The molecule has 1 aliphatic carbocycles. The van der Waals surface area contributed by atoms with Crippen LogP contribution in [0.2, 0.25) is 0 Å². The summed E-state index contributed by atoms with van der Waals surface area (Å²) in [5.41, 5.74) is 8.80. The van der Waals surface area contributed by atoms with E-state index in [-0.39, 0.29) is 0 Å². The highest BCUT2D eigenvalue weighted by molar-refractivity contribution is 7.99. The molecule has 2 rings (SSSR count). The molecule has 1 fully saturated rings. The Bertz CT molecular complexity index is 344. The Hall–Kier alpha value is -0.470. The standard InChI is InChI=1S/C13H19NS/c1-9-3-6-13(10(2)7-9)15-8-12(14)11-4-5-11/h3,6-7,11-12H,4-5,8,14H2,1-2H3. The van der Waals surface area contributed by atoms with Crippen LogP contribution in [0.1, 0.15) is 24.0 Å². The molecule has 15 heavy (non-hydrogen) atoms. The first kappa shape index (κ1) is 11.0. The molecule has 0 amide bonds. The van der Waals surface area contributed by atoms with Crippen molar-refractivity contribution in [2.75, 3.05) is 5.75 Å². The zero-order valence-electron chi connectivity index (χ0n) is 9.49. The molecular formula is C13H19NS. The minimum absolute atomic E-state index is 0.399. The van der Waals surface area contributed by atoms with Gasteiger partial charge in [-0.15, -0.1) is 11.8 Å². The Morgan fingerprint density at radius 2 is 2.13 bits per heavy atom. The Balaban J connectivity index is 1.92. The molecule has 1 aromatic carbocycles. The molecule has 82 valence electrons. The van der Waals surface area contributed by atoms with Crippen LogP contribution < -0.4 is 5.73 Å². The number of nitrogens with two attached hydrogens (primary N) is 1. The van der Waals surface area contributed by atoms with Gasteiger partial charge in [-0.1, -0.05) is 17.7 Å². The highest BCUT2D eigenvalue weighted by Gasteiger charge is 2.28. The zero-order chi connectivity index (χ0) is 10.8. The van der Waals surface area contributed by atoms with Gasteiger partial charge in [-0.2, -0.15) is 0 Å². The molecule has 2 heteroatoms. The topological polar surface area (TPSA) is 26.0 Å². The van der Waals surface area contributed by atoms with Gasteiger partial charge in [0.25, 0.3) is 0 Å². The Morgan fingerprint density at radius 1 is 1.40 bits per heavy atom. The molecule has 1 unspecified atom stereocenters. The van der Waals surface area contributed by atoms with Gasteiger partial charge in [0.2, 0.25) is 0 Å². The lowest BCUT2D eigenvalue weighted by Crippen LogP contribution is -2.25. The summed E-state index contributed by atoms with van der Waals surface area (Å²) < 4.78 is 0. The molecule has 1 aliphatic rings. The monoisotopic (exact) mass is 221 g/mol. The van der Waals surface area contributed by atoms with Crippen LogP contribution in [0.25, 0.3) is 0 Å². The van der Waals surface area contributed by atoms with E-state index >= 15 is 0 Å². The van der Waals surface area contributed by atoms with Crippen molar-refractivity contribution in [3.05, 3.63) is 29.3 Å². The van der Waals surface area contributed by atoms with Crippen LogP contribution in [0.15, 0.2) is 23.1 Å². The number of aryl methyl sites for hydroxylation is 2. The molecular weight excluding hydrogens is 202 g/mol. The van der Waals surface area contributed by atoms with Crippen molar-refractivity contribution in [1.82, 2.24) is 0 Å². The van der Waals surface area contributed by atoms with Gasteiger partial charge in [-0.3, -0.25) is 0 Å². The van der Waals surface area contributed by atoms with Crippen molar-refractivity contribution in [1.29, 1.82) is 0 Å². The first-order valence-electron chi connectivity index (χ1n) is 5.62. The molecule has 2 N–H and O–H groups in total. The van der Waals surface area contributed by atoms with Gasteiger partial charge in [-0.25, -0.2) is 0 Å². The van der Waals surface area contributed by atoms with Gasteiger partial charge in [-0.05, 0) is 44.2 Å². The van der Waals surface area contributed by atoms with Crippen molar-refractivity contribution in [2.24, 2.45) is 11.7 Å². The van der Waals surface area contributed by atoms with Crippen molar-refractivity contribution in [3.63, 3.8) is 0 Å². The van der Waals surface area contributed by atoms with Gasteiger partial charge in [0.15, 0.2) is 0 Å². The first-order chi connectivity index (χ1) is 7.16. The van der Waals surface area contributed by atoms with Crippen LogP contribution in [0.5, 0.6) is 0 Å². The fourth-order valence-electron chi connectivity index (χ4n) is 1.81. The Kier molecular flexibility index (Phi) is 3.37. The van der Waals surface area contributed by atoms with Crippen LogP contribution in [0, 0.1) is 19.8 Å². The Labute approximate surface area is 96.4 Å². The molecule has 1 nitrogen and oxygen atoms in total. The van der Waals surface area contributed by atoms with Crippen molar-refractivity contribution in [2.45, 2.75) is 37.6 Å². The van der Waals surface area contributed by atoms with Crippen LogP contribution in [0.3, 0.4) is 0 Å². The van der Waals surface area contributed by atoms with E-state index in [2.05, 4.69) is 32.0 Å². The average molecular weight is 221 g/mol. The number of hydrogen-bond donors (Lipinski definition) is 1. The summed E-state index contributed by atoms with van der Waals surface area (Å²) in [5.74, 6) is 1.87. The summed E-state index contributed by atoms with van der Waals surface area (Å²) in [4.78, 5) is 1.39. The molecule has 0 bridgehead atoms. The predicted octanol–water partition coefficient (Wildman–Crippen LogP) is 3.13. The second-order valence-electron chi connectivity index (χ2n) is 4.58. The Morgan fingerprint density at radius 3 is 2.73 bits per heavy atom. The van der Waals surface area contributed by atoms with E-state index in [9.17, 15) is 0 Å². The molecule has 0 aromatic heterocycles. The summed E-state index contributed by atoms with van der Waals surface area (Å²) in [6, 6.07) is 7.04. The molecule has 1 atom stereocenters. The van der Waals surface area contributed by atoms with Crippen LogP contribution in [-0.2, 0) is 0 Å². The molecule has 0 saturated heterocycles. The highest BCUT2D eigenvalue weighted by Crippen LogP contribution is 2.34. The summed E-state index contributed by atoms with van der Waals surface area (Å²) >= 11 is 1.91. The van der Waals surface area contributed by atoms with E-state index in [1.165, 1.54) is 28.9 Å². The lowest BCUT2D eigenvalue weighted by Gasteiger charge is -2.11. The summed E-state index contributed by atoms with van der Waals surface area (Å²) in [7, 11) is 0. The largest absolute Gasteiger partial charge is 0.327 e. The molecule has 1 saturated carbocycles. The van der Waals surface area contributed by atoms with Gasteiger partial charge in [0, 0.05) is 16.7 Å². The maximum absolute atomic E-state index is 6.09. The highest BCUT2D eigenvalue weighted by atomic mass is 32.2. The second kappa shape index (κ2) is 4.58. The summed E-state index contributed by atoms with van der Waals surface area (Å²) in [6.45, 7) is 4.31. The summed E-state index contributed by atoms with van der Waals surface area (Å²) in [6.07, 6.45) is 2.68. The molecule has 1 aromatic rings. The van der Waals surface area contributed by atoms with Gasteiger partial charge in [0.1, 0.15) is 0 Å². The van der Waals surface area contributed by atoms with E-state index in [0.717, 1.165) is 11.7 Å². The lowest BCUT2D eigenvalue weighted by atomic mass is 10.2. The minimum atomic E-state index is 0.399. The lowest BCUT2D eigenvalue weighted by molar-refractivity contribution is 0.659. The van der Waals surface area contributed by atoms with Crippen molar-refractivity contribution in [3.8, 4) is 0 Å². The second-order valence-corrected chi connectivity index (χ2v) is 5.64. The molecule has 0 radical (unpaired) electrons. The fraction of sp³-hybridized carbons (Fsp3) is 0.538. The van der Waals surface area contributed by atoms with Crippen LogP contribution in [0.4, 0.5) is 0 Å². The summed E-state index contributed by atoms with van der Waals surface area (Å²) in [5, 5.41) is 0. The van der Waals surface area contributed by atoms with E-state index < -0.39 is 0 Å². The first-order valence-corrected chi connectivity index (χ1v) is 6.61. The number of thioether (sulfide) groups is 1. The third kappa shape index (κ3) is 2.99. The number of benzene rings is 1. The van der Waals surface area contributed by atoms with Crippen LogP contribution in [-0.4, -0.2) is 11.8 Å². The van der Waals surface area contributed by atoms with E-state index in [0.29, 0.717) is 6.04 Å². The van der Waals surface area contributed by atoms with Gasteiger partial charge >= 0.3 is 0 Å². The third-order valence-electron chi connectivity index (χ3n) is 2.99. The molecule has 0 heterocycles. The van der Waals surface area contributed by atoms with Gasteiger partial charge in [0.05, 0.1) is 0 Å². The SMILES string of the molecule is Cc1ccc(SCC(N)C2CC2)c(C)c1. The minimum Gasteiger partial charge on any atom is -0.327 e. The van der Waals surface area contributed by atoms with Crippen molar-refractivity contribution >= 4 is 11.8 Å². The molecule has 0 aliphatic heterocycles. The van der Waals surface area contributed by atoms with Crippen LogP contribution >= 0.6 is 11.8 Å². The third-order valence-corrected chi connectivity index (χ3v) is 4.31. The van der Waals surface area contributed by atoms with E-state index in [1.807, 2.05) is 11.8 Å². The smallest absolute Gasteiger partial charge is 0.0162 e. The zero-order valence-corrected chi connectivity index (χ0v) is 10.3. The maximum Gasteiger partial charge on any atom is 0.0162 e. The quantitative estimate of drug-likeness (QED) is 0.791.